The highest BCUT2D eigenvalue weighted by molar-refractivity contribution is 9.10. The fraction of sp³-hybridized carbons (Fsp3) is 0.381. The fourth-order valence-electron chi connectivity index (χ4n) is 4.20. The van der Waals surface area contributed by atoms with Crippen molar-refractivity contribution in [3.8, 4) is 0 Å². The number of fused-ring (bicyclic) bond motifs is 1. The van der Waals surface area contributed by atoms with Crippen LogP contribution in [0.2, 0.25) is 0 Å². The number of rotatable bonds is 4. The third-order valence-corrected chi connectivity index (χ3v) is 6.17. The van der Waals surface area contributed by atoms with Crippen LogP contribution in [0.3, 0.4) is 0 Å². The van der Waals surface area contributed by atoms with E-state index in [0.717, 1.165) is 48.8 Å². The lowest BCUT2D eigenvalue weighted by Gasteiger charge is -2.28. The Morgan fingerprint density at radius 1 is 1.04 bits per heavy atom. The summed E-state index contributed by atoms with van der Waals surface area (Å²) in [5.74, 6) is 0.172. The highest BCUT2D eigenvalue weighted by atomic mass is 79.9. The molecule has 2 aromatic rings. The summed E-state index contributed by atoms with van der Waals surface area (Å²) in [6, 6.07) is 14.8. The first-order chi connectivity index (χ1) is 12.2. The van der Waals surface area contributed by atoms with E-state index in [2.05, 4.69) is 56.9 Å². The zero-order valence-corrected chi connectivity index (χ0v) is 15.9. The van der Waals surface area contributed by atoms with E-state index in [0.29, 0.717) is 6.54 Å². The van der Waals surface area contributed by atoms with Crippen molar-refractivity contribution >= 4 is 21.8 Å². The van der Waals surface area contributed by atoms with E-state index in [-0.39, 0.29) is 11.3 Å². The molecule has 1 fully saturated rings. The van der Waals surface area contributed by atoms with Crippen LogP contribution in [0.4, 0.5) is 0 Å². The van der Waals surface area contributed by atoms with Gasteiger partial charge < -0.3 is 10.6 Å². The summed E-state index contributed by atoms with van der Waals surface area (Å²) in [6.07, 6.45) is 4.12. The summed E-state index contributed by atoms with van der Waals surface area (Å²) in [7, 11) is 0. The van der Waals surface area contributed by atoms with E-state index >= 15 is 0 Å². The molecule has 2 N–H and O–H groups in total. The van der Waals surface area contributed by atoms with E-state index in [1.807, 2.05) is 12.1 Å². The topological polar surface area (TPSA) is 41.1 Å². The Kier molecular flexibility index (Phi) is 4.65. The van der Waals surface area contributed by atoms with Gasteiger partial charge in [0.05, 0.1) is 5.41 Å². The van der Waals surface area contributed by atoms with E-state index in [1.165, 1.54) is 16.7 Å². The molecule has 2 aliphatic rings. The van der Waals surface area contributed by atoms with Crippen LogP contribution in [-0.2, 0) is 29.8 Å². The minimum atomic E-state index is -0.362. The van der Waals surface area contributed by atoms with Crippen LogP contribution < -0.4 is 10.6 Å². The second-order valence-corrected chi connectivity index (χ2v) is 8.10. The van der Waals surface area contributed by atoms with Crippen molar-refractivity contribution in [1.82, 2.24) is 10.6 Å². The molecular weight excluding hydrogens is 376 g/mol. The molecule has 0 aromatic heterocycles. The number of hydrogen-bond donors (Lipinski definition) is 2. The molecule has 4 rings (SSSR count). The van der Waals surface area contributed by atoms with Crippen molar-refractivity contribution < 1.29 is 4.79 Å². The Bertz CT molecular complexity index is 779. The Labute approximate surface area is 157 Å². The Hall–Kier alpha value is -1.65. The summed E-state index contributed by atoms with van der Waals surface area (Å²) in [6.45, 7) is 2.49. The maximum Gasteiger partial charge on any atom is 0.230 e. The van der Waals surface area contributed by atoms with Crippen molar-refractivity contribution in [2.24, 2.45) is 0 Å². The number of carbonyl (C=O) groups excluding carboxylic acids is 1. The van der Waals surface area contributed by atoms with Crippen molar-refractivity contribution in [3.63, 3.8) is 0 Å². The summed E-state index contributed by atoms with van der Waals surface area (Å²) in [4.78, 5) is 13.1. The molecule has 1 heterocycles. The largest absolute Gasteiger partial charge is 0.351 e. The molecule has 0 bridgehead atoms. The second kappa shape index (κ2) is 6.93. The molecule has 1 aliphatic carbocycles. The van der Waals surface area contributed by atoms with Gasteiger partial charge >= 0.3 is 0 Å². The fourth-order valence-corrected chi connectivity index (χ4v) is 4.47. The predicted octanol–water partition coefficient (Wildman–Crippen LogP) is 4.18. The number of hydrogen-bond acceptors (Lipinski definition) is 2. The van der Waals surface area contributed by atoms with E-state index < -0.39 is 0 Å². The van der Waals surface area contributed by atoms with Gasteiger partial charge in [-0.2, -0.15) is 0 Å². The van der Waals surface area contributed by atoms with Gasteiger partial charge in [0.15, 0.2) is 0 Å². The van der Waals surface area contributed by atoms with Crippen LogP contribution in [0.15, 0.2) is 46.9 Å². The van der Waals surface area contributed by atoms with Gasteiger partial charge in [0.1, 0.15) is 0 Å². The molecule has 4 heteroatoms. The first-order valence-corrected chi connectivity index (χ1v) is 9.82. The van der Waals surface area contributed by atoms with Crippen LogP contribution in [0.1, 0.15) is 47.9 Å². The first kappa shape index (κ1) is 16.8. The minimum absolute atomic E-state index is 0.172. The summed E-state index contributed by atoms with van der Waals surface area (Å²) in [5, 5.41) is 6.58. The lowest BCUT2D eigenvalue weighted by atomic mass is 9.78. The first-order valence-electron chi connectivity index (χ1n) is 9.03. The Balaban J connectivity index is 1.51. The van der Waals surface area contributed by atoms with Crippen LogP contribution in [0.25, 0.3) is 0 Å². The van der Waals surface area contributed by atoms with Gasteiger partial charge in [-0.15, -0.1) is 0 Å². The molecule has 1 saturated carbocycles. The zero-order valence-electron chi connectivity index (χ0n) is 14.3. The molecule has 1 aliphatic heterocycles. The molecule has 0 unspecified atom stereocenters. The Morgan fingerprint density at radius 3 is 2.52 bits per heavy atom. The van der Waals surface area contributed by atoms with Crippen molar-refractivity contribution in [3.05, 3.63) is 69.2 Å². The highest BCUT2D eigenvalue weighted by Crippen LogP contribution is 2.41. The van der Waals surface area contributed by atoms with Crippen LogP contribution in [0, 0.1) is 0 Å². The normalized spacial score (nSPS) is 18.1. The lowest BCUT2D eigenvalue weighted by Crippen LogP contribution is -2.42. The standard InChI is InChI=1S/C21H23BrN2O/c22-19-7-5-18(6-8-19)21(9-1-2-10-21)20(25)24-12-15-3-4-16-13-23-14-17(16)11-15/h3-8,11,23H,1-2,9-10,12-14H2,(H,24,25). The summed E-state index contributed by atoms with van der Waals surface area (Å²) < 4.78 is 1.05. The Morgan fingerprint density at radius 2 is 1.76 bits per heavy atom. The molecule has 0 atom stereocenters. The van der Waals surface area contributed by atoms with Crippen molar-refractivity contribution in [2.45, 2.75) is 50.7 Å². The smallest absolute Gasteiger partial charge is 0.230 e. The summed E-state index contributed by atoms with van der Waals surface area (Å²) in [5.41, 5.74) is 4.69. The van der Waals surface area contributed by atoms with Crippen LogP contribution in [-0.4, -0.2) is 5.91 Å². The van der Waals surface area contributed by atoms with Gasteiger partial charge in [-0.3, -0.25) is 4.79 Å². The molecule has 0 saturated heterocycles. The minimum Gasteiger partial charge on any atom is -0.351 e. The third kappa shape index (κ3) is 3.25. The third-order valence-electron chi connectivity index (χ3n) is 5.64. The van der Waals surface area contributed by atoms with Gasteiger partial charge in [0.2, 0.25) is 5.91 Å². The molecule has 130 valence electrons. The van der Waals surface area contributed by atoms with E-state index in [9.17, 15) is 4.79 Å². The molecule has 0 spiro atoms. The molecule has 0 radical (unpaired) electrons. The molecule has 3 nitrogen and oxygen atoms in total. The predicted molar refractivity (Wildman–Crippen MR) is 103 cm³/mol. The average molecular weight is 399 g/mol. The van der Waals surface area contributed by atoms with Crippen LogP contribution >= 0.6 is 15.9 Å². The molecule has 2 aromatic carbocycles. The van der Waals surface area contributed by atoms with E-state index in [4.69, 9.17) is 0 Å². The number of amides is 1. The molecule has 1 amide bonds. The number of halogens is 1. The van der Waals surface area contributed by atoms with Gasteiger partial charge in [0.25, 0.3) is 0 Å². The average Bonchev–Trinajstić information content (AvgIpc) is 3.29. The van der Waals surface area contributed by atoms with Crippen LogP contribution in [0.5, 0.6) is 0 Å². The van der Waals surface area contributed by atoms with Crippen molar-refractivity contribution in [2.75, 3.05) is 0 Å². The molecule has 25 heavy (non-hydrogen) atoms. The monoisotopic (exact) mass is 398 g/mol. The SMILES string of the molecule is O=C(NCc1ccc2c(c1)CNC2)C1(c2ccc(Br)cc2)CCCC1. The van der Waals surface area contributed by atoms with Gasteiger partial charge in [-0.05, 0) is 47.2 Å². The summed E-state index contributed by atoms with van der Waals surface area (Å²) >= 11 is 3.49. The molecular formula is C21H23BrN2O. The second-order valence-electron chi connectivity index (χ2n) is 7.19. The van der Waals surface area contributed by atoms with Gasteiger partial charge in [-0.25, -0.2) is 0 Å². The highest BCUT2D eigenvalue weighted by Gasteiger charge is 2.42. The number of nitrogens with one attached hydrogen (secondary N) is 2. The quantitative estimate of drug-likeness (QED) is 0.810. The van der Waals surface area contributed by atoms with E-state index in [1.54, 1.807) is 0 Å². The van der Waals surface area contributed by atoms with Gasteiger partial charge in [0, 0.05) is 24.1 Å². The lowest BCUT2D eigenvalue weighted by molar-refractivity contribution is -0.126. The zero-order chi connectivity index (χ0) is 17.3. The van der Waals surface area contributed by atoms with Crippen molar-refractivity contribution in [1.29, 1.82) is 0 Å². The maximum absolute atomic E-state index is 13.1. The maximum atomic E-state index is 13.1. The van der Waals surface area contributed by atoms with Gasteiger partial charge in [-0.1, -0.05) is 59.1 Å². The number of benzene rings is 2. The number of carbonyl (C=O) groups is 1.